The second-order valence-electron chi connectivity index (χ2n) is 12.6. The van der Waals surface area contributed by atoms with Crippen molar-refractivity contribution in [1.29, 1.82) is 0 Å². The van der Waals surface area contributed by atoms with E-state index in [9.17, 15) is 0 Å². The summed E-state index contributed by atoms with van der Waals surface area (Å²) in [5, 5.41) is 7.39. The van der Waals surface area contributed by atoms with E-state index in [1.165, 1.54) is 64.4 Å². The molecule has 0 fully saturated rings. The van der Waals surface area contributed by atoms with Gasteiger partial charge in [-0.25, -0.2) is 4.85 Å². The van der Waals surface area contributed by atoms with Crippen molar-refractivity contribution in [3.05, 3.63) is 163 Å². The van der Waals surface area contributed by atoms with E-state index in [1.54, 1.807) is 0 Å². The Morgan fingerprint density at radius 1 is 0.458 bits per heavy atom. The number of hydrogen-bond donors (Lipinski definition) is 0. The number of rotatable bonds is 3. The largest absolute Gasteiger partial charge is 0.309 e. The van der Waals surface area contributed by atoms with Crippen molar-refractivity contribution in [3.8, 4) is 22.5 Å². The van der Waals surface area contributed by atoms with Crippen molar-refractivity contribution >= 4 is 80.8 Å². The maximum absolute atomic E-state index is 7.55. The summed E-state index contributed by atoms with van der Waals surface area (Å²) < 4.78 is 7.31. The molecule has 3 aromatic heterocycles. The Morgan fingerprint density at radius 2 is 1.06 bits per heavy atom. The minimum absolute atomic E-state index is 0.659. The lowest BCUT2D eigenvalue weighted by Crippen LogP contribution is -1.94. The zero-order valence-electron chi connectivity index (χ0n) is 26.1. The highest BCUT2D eigenvalue weighted by Gasteiger charge is 2.16. The van der Waals surface area contributed by atoms with Gasteiger partial charge >= 0.3 is 0 Å². The number of aromatic nitrogens is 2. The molecule has 3 heterocycles. The van der Waals surface area contributed by atoms with Crippen LogP contribution in [0.4, 0.5) is 5.69 Å². The summed E-state index contributed by atoms with van der Waals surface area (Å²) in [4.78, 5) is 3.70. The second-order valence-corrected chi connectivity index (χ2v) is 13.7. The van der Waals surface area contributed by atoms with E-state index in [4.69, 9.17) is 6.57 Å². The molecule has 0 aliphatic heterocycles. The third-order valence-electron chi connectivity index (χ3n) is 9.76. The fraction of sp³-hybridized carbons (Fsp3) is 0.0227. The van der Waals surface area contributed by atoms with Crippen molar-refractivity contribution in [2.75, 3.05) is 0 Å². The highest BCUT2D eigenvalue weighted by Crippen LogP contribution is 2.40. The van der Waals surface area contributed by atoms with Gasteiger partial charge in [-0.15, -0.1) is 11.3 Å². The lowest BCUT2D eigenvalue weighted by atomic mass is 10.0. The molecule has 10 aromatic rings. The Balaban J connectivity index is 1.14. The molecule has 0 aliphatic carbocycles. The summed E-state index contributed by atoms with van der Waals surface area (Å²) >= 11 is 1.85. The van der Waals surface area contributed by atoms with Gasteiger partial charge in [-0.3, -0.25) is 0 Å². The van der Waals surface area contributed by atoms with Crippen LogP contribution in [-0.2, 0) is 0 Å². The Labute approximate surface area is 281 Å². The number of nitrogens with zero attached hydrogens (tertiary/aromatic N) is 3. The van der Waals surface area contributed by atoms with Gasteiger partial charge in [0.05, 0.1) is 28.6 Å². The molecule has 0 bridgehead atoms. The Hall–Kier alpha value is -6.15. The molecule has 0 aliphatic rings. The van der Waals surface area contributed by atoms with Crippen LogP contribution < -0.4 is 0 Å². The van der Waals surface area contributed by atoms with Gasteiger partial charge in [0.1, 0.15) is 0 Å². The van der Waals surface area contributed by atoms with Crippen LogP contribution in [0.25, 0.3) is 91.1 Å². The molecule has 0 saturated carbocycles. The first-order chi connectivity index (χ1) is 23.6. The molecule has 4 heteroatoms. The van der Waals surface area contributed by atoms with Crippen LogP contribution in [0.3, 0.4) is 0 Å². The topological polar surface area (TPSA) is 14.2 Å². The molecule has 7 aromatic carbocycles. The summed E-state index contributed by atoms with van der Waals surface area (Å²) in [6.45, 7) is 9.72. The third-order valence-corrected chi connectivity index (χ3v) is 10.9. The highest BCUT2D eigenvalue weighted by atomic mass is 32.1. The van der Waals surface area contributed by atoms with Gasteiger partial charge in [0, 0.05) is 47.7 Å². The molecule has 0 saturated heterocycles. The maximum atomic E-state index is 7.55. The molecule has 10 rings (SSSR count). The van der Waals surface area contributed by atoms with Crippen LogP contribution in [0.2, 0.25) is 0 Å². The standard InChI is InChI=1S/C44H27N3S/c1-27-14-18-41-35(22-27)33-10-3-5-12-39(33)47(41)32-17-21-44-38(26-32)37-24-29(15-20-43(37)48-44)28-8-7-9-31(23-28)46-40-13-6-4-11-34(40)36-25-30(45-2)16-19-42(36)46/h3-26H,1H3. The van der Waals surface area contributed by atoms with E-state index in [-0.39, 0.29) is 0 Å². The van der Waals surface area contributed by atoms with Crippen molar-refractivity contribution in [2.45, 2.75) is 6.92 Å². The van der Waals surface area contributed by atoms with Crippen molar-refractivity contribution in [2.24, 2.45) is 0 Å². The molecule has 0 N–H and O–H groups in total. The van der Waals surface area contributed by atoms with E-state index in [1.807, 2.05) is 23.5 Å². The van der Waals surface area contributed by atoms with Gasteiger partial charge in [-0.2, -0.15) is 0 Å². The van der Waals surface area contributed by atoms with E-state index >= 15 is 0 Å². The van der Waals surface area contributed by atoms with Crippen LogP contribution >= 0.6 is 11.3 Å². The minimum Gasteiger partial charge on any atom is -0.309 e. The average molecular weight is 630 g/mol. The Kier molecular flexibility index (Phi) is 5.72. The van der Waals surface area contributed by atoms with E-state index in [0.717, 1.165) is 27.5 Å². The van der Waals surface area contributed by atoms with E-state index < -0.39 is 0 Å². The smallest absolute Gasteiger partial charge is 0.188 e. The Morgan fingerprint density at radius 3 is 1.81 bits per heavy atom. The zero-order valence-corrected chi connectivity index (χ0v) is 26.9. The average Bonchev–Trinajstić information content (AvgIpc) is 3.78. The predicted octanol–water partition coefficient (Wildman–Crippen LogP) is 12.8. The van der Waals surface area contributed by atoms with Gasteiger partial charge < -0.3 is 9.13 Å². The molecule has 224 valence electrons. The van der Waals surface area contributed by atoms with Gasteiger partial charge in [-0.05, 0) is 102 Å². The van der Waals surface area contributed by atoms with Gasteiger partial charge in [-0.1, -0.05) is 72.3 Å². The molecule has 48 heavy (non-hydrogen) atoms. The SMILES string of the molecule is [C-]#[N+]c1ccc2c(c1)c1ccccc1n2-c1cccc(-c2ccc3sc4ccc(-n5c6ccccc6c6cc(C)ccc65)cc4c3c2)c1. The van der Waals surface area contributed by atoms with Gasteiger partial charge in [0.25, 0.3) is 0 Å². The first-order valence-corrected chi connectivity index (χ1v) is 16.9. The molecule has 0 spiro atoms. The lowest BCUT2D eigenvalue weighted by molar-refractivity contribution is 1.18. The molecule has 0 atom stereocenters. The third kappa shape index (κ3) is 3.92. The summed E-state index contributed by atoms with van der Waals surface area (Å²) in [5.41, 5.74) is 11.3. The number of benzene rings is 7. The normalized spacial score (nSPS) is 11.8. The van der Waals surface area contributed by atoms with Crippen LogP contribution in [-0.4, -0.2) is 9.13 Å². The number of aryl methyl sites for hydroxylation is 1. The fourth-order valence-electron chi connectivity index (χ4n) is 7.58. The molecular formula is C44H27N3S. The number of thiophene rings is 1. The maximum Gasteiger partial charge on any atom is 0.188 e. The summed E-state index contributed by atoms with van der Waals surface area (Å²) in [6.07, 6.45) is 0. The molecule has 0 unspecified atom stereocenters. The van der Waals surface area contributed by atoms with E-state index in [2.05, 4.69) is 154 Å². The van der Waals surface area contributed by atoms with Crippen LogP contribution in [0.1, 0.15) is 5.56 Å². The number of fused-ring (bicyclic) bond motifs is 9. The van der Waals surface area contributed by atoms with Crippen molar-refractivity contribution in [3.63, 3.8) is 0 Å². The number of para-hydroxylation sites is 2. The predicted molar refractivity (Wildman–Crippen MR) is 204 cm³/mol. The zero-order chi connectivity index (χ0) is 31.9. The highest BCUT2D eigenvalue weighted by molar-refractivity contribution is 7.25. The first-order valence-electron chi connectivity index (χ1n) is 16.1. The summed E-state index contributed by atoms with van der Waals surface area (Å²) in [6, 6.07) is 52.6. The van der Waals surface area contributed by atoms with Crippen molar-refractivity contribution in [1.82, 2.24) is 9.13 Å². The quantitative estimate of drug-likeness (QED) is 0.173. The Bertz CT molecular complexity index is 2980. The van der Waals surface area contributed by atoms with Gasteiger partial charge in [0.15, 0.2) is 5.69 Å². The van der Waals surface area contributed by atoms with Gasteiger partial charge in [0.2, 0.25) is 0 Å². The minimum atomic E-state index is 0.659. The van der Waals surface area contributed by atoms with Crippen molar-refractivity contribution < 1.29 is 0 Å². The summed E-state index contributed by atoms with van der Waals surface area (Å²) in [7, 11) is 0. The molecule has 0 amide bonds. The number of hydrogen-bond acceptors (Lipinski definition) is 1. The summed E-state index contributed by atoms with van der Waals surface area (Å²) in [5.74, 6) is 0. The van der Waals surface area contributed by atoms with Crippen LogP contribution in [0.15, 0.2) is 146 Å². The second kappa shape index (κ2) is 10.2. The first kappa shape index (κ1) is 27.0. The fourth-order valence-corrected chi connectivity index (χ4v) is 8.65. The van der Waals surface area contributed by atoms with Crippen LogP contribution in [0.5, 0.6) is 0 Å². The molecule has 3 nitrogen and oxygen atoms in total. The molecular weight excluding hydrogens is 603 g/mol. The lowest BCUT2D eigenvalue weighted by Gasteiger charge is -2.11. The molecule has 0 radical (unpaired) electrons. The van der Waals surface area contributed by atoms with Crippen LogP contribution in [0, 0.1) is 13.5 Å². The van der Waals surface area contributed by atoms with E-state index in [0.29, 0.717) is 5.69 Å². The monoisotopic (exact) mass is 629 g/mol.